The maximum atomic E-state index is 12.4. The SMILES string of the molecule is O=C(NC1CCCCC1)NC1CCN(C(=O)CCCc2ccccc2)CC1. The minimum Gasteiger partial charge on any atom is -0.343 e. The van der Waals surface area contributed by atoms with Crippen molar-refractivity contribution in [3.05, 3.63) is 35.9 Å². The van der Waals surface area contributed by atoms with Gasteiger partial charge in [-0.25, -0.2) is 4.79 Å². The summed E-state index contributed by atoms with van der Waals surface area (Å²) in [6.45, 7) is 1.50. The maximum absolute atomic E-state index is 12.4. The van der Waals surface area contributed by atoms with E-state index in [1.807, 2.05) is 23.1 Å². The molecule has 1 saturated carbocycles. The predicted octanol–water partition coefficient (Wildman–Crippen LogP) is 3.63. The molecular formula is C22H33N3O2. The van der Waals surface area contributed by atoms with Gasteiger partial charge in [0.25, 0.3) is 0 Å². The standard InChI is InChI=1S/C22H33N3O2/c26-21(13-7-10-18-8-3-1-4-9-18)25-16-14-20(15-17-25)24-22(27)23-19-11-5-2-6-12-19/h1,3-4,8-9,19-20H,2,5-7,10-17H2,(H2,23,24,27). The van der Waals surface area contributed by atoms with Crippen LogP contribution in [0.2, 0.25) is 0 Å². The number of likely N-dealkylation sites (tertiary alicyclic amines) is 1. The Kier molecular flexibility index (Phi) is 7.55. The van der Waals surface area contributed by atoms with Crippen molar-refractivity contribution >= 4 is 11.9 Å². The van der Waals surface area contributed by atoms with Crippen LogP contribution >= 0.6 is 0 Å². The second-order valence-electron chi connectivity index (χ2n) is 7.95. The van der Waals surface area contributed by atoms with Gasteiger partial charge in [0, 0.05) is 31.6 Å². The van der Waals surface area contributed by atoms with Crippen LogP contribution in [-0.4, -0.2) is 42.0 Å². The number of urea groups is 1. The van der Waals surface area contributed by atoms with Crippen LogP contribution in [-0.2, 0) is 11.2 Å². The van der Waals surface area contributed by atoms with E-state index >= 15 is 0 Å². The Morgan fingerprint density at radius 1 is 0.889 bits per heavy atom. The van der Waals surface area contributed by atoms with Crippen LogP contribution in [0.15, 0.2) is 30.3 Å². The van der Waals surface area contributed by atoms with E-state index < -0.39 is 0 Å². The van der Waals surface area contributed by atoms with Crippen molar-refractivity contribution in [3.8, 4) is 0 Å². The number of amides is 3. The van der Waals surface area contributed by atoms with E-state index in [0.29, 0.717) is 12.5 Å². The van der Waals surface area contributed by atoms with E-state index in [-0.39, 0.29) is 18.0 Å². The molecule has 0 unspecified atom stereocenters. The molecule has 3 rings (SSSR count). The summed E-state index contributed by atoms with van der Waals surface area (Å²) in [7, 11) is 0. The highest BCUT2D eigenvalue weighted by Crippen LogP contribution is 2.17. The third-order valence-corrected chi connectivity index (χ3v) is 5.82. The summed E-state index contributed by atoms with van der Waals surface area (Å²) in [6.07, 6.45) is 10.1. The molecule has 1 aromatic rings. The van der Waals surface area contributed by atoms with Crippen LogP contribution in [0.1, 0.15) is 63.4 Å². The Bertz CT molecular complexity index is 591. The molecule has 2 aliphatic rings. The monoisotopic (exact) mass is 371 g/mol. The second-order valence-corrected chi connectivity index (χ2v) is 7.95. The molecule has 27 heavy (non-hydrogen) atoms. The summed E-state index contributed by atoms with van der Waals surface area (Å²) in [6, 6.07) is 10.8. The summed E-state index contributed by atoms with van der Waals surface area (Å²) in [5.41, 5.74) is 1.29. The molecule has 5 nitrogen and oxygen atoms in total. The van der Waals surface area contributed by atoms with E-state index in [1.165, 1.54) is 24.8 Å². The van der Waals surface area contributed by atoms with Gasteiger partial charge in [0.05, 0.1) is 0 Å². The molecule has 0 spiro atoms. The zero-order valence-corrected chi connectivity index (χ0v) is 16.3. The average molecular weight is 372 g/mol. The number of piperidine rings is 1. The molecule has 0 radical (unpaired) electrons. The van der Waals surface area contributed by atoms with Gasteiger partial charge in [-0.15, -0.1) is 0 Å². The topological polar surface area (TPSA) is 61.4 Å². The van der Waals surface area contributed by atoms with Crippen molar-refractivity contribution in [1.29, 1.82) is 0 Å². The van der Waals surface area contributed by atoms with Crippen LogP contribution in [0.4, 0.5) is 4.79 Å². The number of rotatable bonds is 6. The number of nitrogens with zero attached hydrogens (tertiary/aromatic N) is 1. The fourth-order valence-electron chi connectivity index (χ4n) is 4.18. The fourth-order valence-corrected chi connectivity index (χ4v) is 4.18. The molecule has 1 aliphatic heterocycles. The van der Waals surface area contributed by atoms with E-state index in [0.717, 1.165) is 51.6 Å². The van der Waals surface area contributed by atoms with Gasteiger partial charge >= 0.3 is 6.03 Å². The van der Waals surface area contributed by atoms with Gasteiger partial charge in [-0.05, 0) is 44.1 Å². The summed E-state index contributed by atoms with van der Waals surface area (Å²) >= 11 is 0. The molecule has 2 N–H and O–H groups in total. The molecule has 3 amide bonds. The molecule has 1 aromatic carbocycles. The van der Waals surface area contributed by atoms with Crippen LogP contribution in [0.25, 0.3) is 0 Å². The zero-order chi connectivity index (χ0) is 18.9. The molecule has 1 aliphatic carbocycles. The zero-order valence-electron chi connectivity index (χ0n) is 16.3. The van der Waals surface area contributed by atoms with Gasteiger partial charge in [0.15, 0.2) is 0 Å². The van der Waals surface area contributed by atoms with Crippen LogP contribution in [0.3, 0.4) is 0 Å². The van der Waals surface area contributed by atoms with E-state index in [1.54, 1.807) is 0 Å². The lowest BCUT2D eigenvalue weighted by Crippen LogP contribution is -2.51. The number of carbonyl (C=O) groups is 2. The maximum Gasteiger partial charge on any atom is 0.315 e. The smallest absolute Gasteiger partial charge is 0.315 e. The molecule has 1 heterocycles. The summed E-state index contributed by atoms with van der Waals surface area (Å²) in [4.78, 5) is 26.5. The second kappa shape index (κ2) is 10.3. The Morgan fingerprint density at radius 3 is 2.19 bits per heavy atom. The number of hydrogen-bond acceptors (Lipinski definition) is 2. The number of aryl methyl sites for hydroxylation is 1. The van der Waals surface area contributed by atoms with Gasteiger partial charge in [-0.1, -0.05) is 49.6 Å². The predicted molar refractivity (Wildman–Crippen MR) is 108 cm³/mol. The van der Waals surface area contributed by atoms with Crippen LogP contribution < -0.4 is 10.6 Å². The molecule has 0 bridgehead atoms. The highest BCUT2D eigenvalue weighted by atomic mass is 16.2. The van der Waals surface area contributed by atoms with Crippen molar-refractivity contribution in [2.24, 2.45) is 0 Å². The third-order valence-electron chi connectivity index (χ3n) is 5.82. The van der Waals surface area contributed by atoms with Crippen molar-refractivity contribution in [3.63, 3.8) is 0 Å². The van der Waals surface area contributed by atoms with Gasteiger partial charge in [-0.3, -0.25) is 4.79 Å². The van der Waals surface area contributed by atoms with E-state index in [9.17, 15) is 9.59 Å². The minimum atomic E-state index is -0.0328. The minimum absolute atomic E-state index is 0.0328. The first-order valence-corrected chi connectivity index (χ1v) is 10.6. The van der Waals surface area contributed by atoms with Gasteiger partial charge in [-0.2, -0.15) is 0 Å². The first-order valence-electron chi connectivity index (χ1n) is 10.6. The van der Waals surface area contributed by atoms with E-state index in [2.05, 4.69) is 22.8 Å². The quantitative estimate of drug-likeness (QED) is 0.802. The van der Waals surface area contributed by atoms with Crippen molar-refractivity contribution in [2.45, 2.75) is 76.3 Å². The Balaban J connectivity index is 1.30. The van der Waals surface area contributed by atoms with Crippen molar-refractivity contribution in [2.75, 3.05) is 13.1 Å². The van der Waals surface area contributed by atoms with Gasteiger partial charge in [0.2, 0.25) is 5.91 Å². The molecule has 1 saturated heterocycles. The Hall–Kier alpha value is -2.04. The molecule has 0 aromatic heterocycles. The molecule has 0 atom stereocenters. The summed E-state index contributed by atoms with van der Waals surface area (Å²) in [5, 5.41) is 6.22. The number of carbonyl (C=O) groups excluding carboxylic acids is 2. The van der Waals surface area contributed by atoms with Gasteiger partial charge < -0.3 is 15.5 Å². The Morgan fingerprint density at radius 2 is 1.52 bits per heavy atom. The summed E-state index contributed by atoms with van der Waals surface area (Å²) < 4.78 is 0. The molecular weight excluding hydrogens is 338 g/mol. The van der Waals surface area contributed by atoms with E-state index in [4.69, 9.17) is 0 Å². The van der Waals surface area contributed by atoms with Crippen molar-refractivity contribution < 1.29 is 9.59 Å². The third kappa shape index (κ3) is 6.56. The molecule has 5 heteroatoms. The summed E-state index contributed by atoms with van der Waals surface area (Å²) in [5.74, 6) is 0.246. The number of benzene rings is 1. The fraction of sp³-hybridized carbons (Fsp3) is 0.636. The lowest BCUT2D eigenvalue weighted by Gasteiger charge is -2.33. The normalized spacial score (nSPS) is 18.9. The lowest BCUT2D eigenvalue weighted by molar-refractivity contribution is -0.132. The molecule has 148 valence electrons. The molecule has 2 fully saturated rings. The van der Waals surface area contributed by atoms with Crippen LogP contribution in [0, 0.1) is 0 Å². The largest absolute Gasteiger partial charge is 0.343 e. The first-order chi connectivity index (χ1) is 13.2. The first kappa shape index (κ1) is 19.7. The number of hydrogen-bond donors (Lipinski definition) is 2. The highest BCUT2D eigenvalue weighted by molar-refractivity contribution is 5.76. The van der Waals surface area contributed by atoms with Crippen LogP contribution in [0.5, 0.6) is 0 Å². The average Bonchev–Trinajstić information content (AvgIpc) is 2.70. The Labute approximate surface area is 162 Å². The number of nitrogens with one attached hydrogen (secondary N) is 2. The van der Waals surface area contributed by atoms with Crippen molar-refractivity contribution in [1.82, 2.24) is 15.5 Å². The highest BCUT2D eigenvalue weighted by Gasteiger charge is 2.24. The lowest BCUT2D eigenvalue weighted by atomic mass is 9.96. The van der Waals surface area contributed by atoms with Gasteiger partial charge in [0.1, 0.15) is 0 Å².